The summed E-state index contributed by atoms with van der Waals surface area (Å²) in [5.74, 6) is 1.11. The minimum atomic E-state index is -0.0421. The van der Waals surface area contributed by atoms with Crippen molar-refractivity contribution in [3.63, 3.8) is 0 Å². The van der Waals surface area contributed by atoms with E-state index in [1.807, 2.05) is 48.5 Å². The zero-order valence-corrected chi connectivity index (χ0v) is 18.9. The number of benzene rings is 3. The minimum Gasteiger partial charge on any atom is -0.507 e. The molecule has 6 heteroatoms. The second-order valence-corrected chi connectivity index (χ2v) is 8.74. The lowest BCUT2D eigenvalue weighted by Crippen LogP contribution is -2.89. The van der Waals surface area contributed by atoms with E-state index in [4.69, 9.17) is 4.74 Å². The second-order valence-electron chi connectivity index (χ2n) is 6.90. The summed E-state index contributed by atoms with van der Waals surface area (Å²) in [7, 11) is 1.66. The number of quaternary nitrogens is 1. The molecular formula is C23H21Br2N2O2+. The van der Waals surface area contributed by atoms with Crippen LogP contribution in [0, 0.1) is 0 Å². The Morgan fingerprint density at radius 3 is 2.31 bits per heavy atom. The lowest BCUT2D eigenvalue weighted by molar-refractivity contribution is -0.731. The Hall–Kier alpha value is -2.28. The van der Waals surface area contributed by atoms with Gasteiger partial charge in [0.15, 0.2) is 6.17 Å². The third-order valence-corrected chi connectivity index (χ3v) is 6.06. The van der Waals surface area contributed by atoms with E-state index >= 15 is 0 Å². The van der Waals surface area contributed by atoms with E-state index in [1.165, 1.54) is 0 Å². The third kappa shape index (κ3) is 4.50. The number of hydrogen-bond acceptors (Lipinski definition) is 3. The van der Waals surface area contributed by atoms with Crippen LogP contribution in [-0.2, 0) is 0 Å². The predicted octanol–water partition coefficient (Wildman–Crippen LogP) is 4.87. The largest absolute Gasteiger partial charge is 0.507 e. The lowest BCUT2D eigenvalue weighted by Gasteiger charge is -2.30. The minimum absolute atomic E-state index is 0.00795. The molecule has 29 heavy (non-hydrogen) atoms. The molecular weight excluding hydrogens is 496 g/mol. The van der Waals surface area contributed by atoms with Crippen molar-refractivity contribution in [3.05, 3.63) is 98.4 Å². The molecule has 2 atom stereocenters. The normalized spacial score (nSPS) is 18.7. The molecule has 0 spiro atoms. The fourth-order valence-electron chi connectivity index (χ4n) is 3.51. The highest BCUT2D eigenvalue weighted by Gasteiger charge is 2.29. The summed E-state index contributed by atoms with van der Waals surface area (Å²) in [4.78, 5) is 0. The molecule has 1 heterocycles. The fourth-order valence-corrected chi connectivity index (χ4v) is 4.15. The molecule has 4 rings (SSSR count). The van der Waals surface area contributed by atoms with Crippen LogP contribution in [0.3, 0.4) is 0 Å². The Labute approximate surface area is 186 Å². The number of phenols is 1. The SMILES string of the molecule is COc1ccc(C2=CC(c3cc(Br)ccc3O)[NH2+]C(c3ccc(Br)cc3)N2)cc1. The third-order valence-electron chi connectivity index (χ3n) is 5.04. The van der Waals surface area contributed by atoms with Crippen LogP contribution in [0.5, 0.6) is 11.5 Å². The summed E-state index contributed by atoms with van der Waals surface area (Å²) < 4.78 is 7.28. The van der Waals surface area contributed by atoms with E-state index in [0.29, 0.717) is 0 Å². The van der Waals surface area contributed by atoms with Crippen LogP contribution in [0.4, 0.5) is 0 Å². The summed E-state index contributed by atoms with van der Waals surface area (Å²) >= 11 is 7.03. The van der Waals surface area contributed by atoms with Crippen LogP contribution in [0.15, 0.2) is 81.8 Å². The van der Waals surface area contributed by atoms with Crippen LogP contribution in [-0.4, -0.2) is 12.2 Å². The molecule has 4 N–H and O–H groups in total. The first-order valence-electron chi connectivity index (χ1n) is 9.25. The number of aromatic hydroxyl groups is 1. The number of hydrogen-bond donors (Lipinski definition) is 3. The number of rotatable bonds is 4. The van der Waals surface area contributed by atoms with Crippen LogP contribution in [0.25, 0.3) is 5.70 Å². The number of nitrogens with two attached hydrogens (primary N) is 1. The lowest BCUT2D eigenvalue weighted by atomic mass is 9.98. The van der Waals surface area contributed by atoms with Crippen LogP contribution in [0.2, 0.25) is 0 Å². The zero-order chi connectivity index (χ0) is 20.4. The molecule has 148 valence electrons. The van der Waals surface area contributed by atoms with E-state index in [0.717, 1.165) is 37.1 Å². The summed E-state index contributed by atoms with van der Waals surface area (Å²) in [6, 6.07) is 21.8. The van der Waals surface area contributed by atoms with Crippen molar-refractivity contribution in [1.82, 2.24) is 5.32 Å². The van der Waals surface area contributed by atoms with Crippen molar-refractivity contribution >= 4 is 37.6 Å². The predicted molar refractivity (Wildman–Crippen MR) is 121 cm³/mol. The molecule has 1 aliphatic rings. The zero-order valence-electron chi connectivity index (χ0n) is 15.8. The van der Waals surface area contributed by atoms with E-state index < -0.39 is 0 Å². The first-order chi connectivity index (χ1) is 14.0. The Morgan fingerprint density at radius 1 is 0.931 bits per heavy atom. The number of nitrogens with one attached hydrogen (secondary N) is 1. The van der Waals surface area contributed by atoms with Crippen molar-refractivity contribution in [2.45, 2.75) is 12.2 Å². The Bertz CT molecular complexity index is 1030. The van der Waals surface area contributed by atoms with Gasteiger partial charge in [0.25, 0.3) is 0 Å². The van der Waals surface area contributed by atoms with Crippen molar-refractivity contribution in [3.8, 4) is 11.5 Å². The summed E-state index contributed by atoms with van der Waals surface area (Å²) in [5.41, 5.74) is 4.12. The fraction of sp³-hybridized carbons (Fsp3) is 0.130. The van der Waals surface area contributed by atoms with Gasteiger partial charge in [0.1, 0.15) is 17.5 Å². The highest BCUT2D eigenvalue weighted by Crippen LogP contribution is 2.31. The van der Waals surface area contributed by atoms with Crippen LogP contribution in [0.1, 0.15) is 28.9 Å². The summed E-state index contributed by atoms with van der Waals surface area (Å²) in [5, 5.41) is 16.3. The monoisotopic (exact) mass is 515 g/mol. The van der Waals surface area contributed by atoms with Crippen LogP contribution < -0.4 is 15.4 Å². The maximum absolute atomic E-state index is 10.5. The van der Waals surface area contributed by atoms with E-state index in [1.54, 1.807) is 13.2 Å². The van der Waals surface area contributed by atoms with Gasteiger partial charge in [-0.1, -0.05) is 31.9 Å². The molecule has 0 amide bonds. The molecule has 0 saturated carbocycles. The van der Waals surface area contributed by atoms with Gasteiger partial charge in [-0.2, -0.15) is 0 Å². The first kappa shape index (κ1) is 20.0. The van der Waals surface area contributed by atoms with Gasteiger partial charge in [0.2, 0.25) is 0 Å². The Morgan fingerprint density at radius 2 is 1.62 bits per heavy atom. The molecule has 0 saturated heterocycles. The van der Waals surface area contributed by atoms with Crippen molar-refractivity contribution in [1.29, 1.82) is 0 Å². The molecule has 0 aliphatic carbocycles. The van der Waals surface area contributed by atoms with Gasteiger partial charge >= 0.3 is 0 Å². The van der Waals surface area contributed by atoms with E-state index in [-0.39, 0.29) is 18.0 Å². The molecule has 0 fully saturated rings. The van der Waals surface area contributed by atoms with Gasteiger partial charge < -0.3 is 20.5 Å². The molecule has 1 aliphatic heterocycles. The first-order valence-corrected chi connectivity index (χ1v) is 10.8. The van der Waals surface area contributed by atoms with Gasteiger partial charge in [-0.3, -0.25) is 0 Å². The number of halogens is 2. The van der Waals surface area contributed by atoms with Gasteiger partial charge in [0.05, 0.1) is 12.7 Å². The molecule has 0 radical (unpaired) electrons. The number of methoxy groups -OCH3 is 1. The average Bonchev–Trinajstić information content (AvgIpc) is 2.75. The number of phenolic OH excluding ortho intramolecular Hbond substituents is 1. The highest BCUT2D eigenvalue weighted by molar-refractivity contribution is 9.10. The van der Waals surface area contributed by atoms with Gasteiger partial charge in [-0.05, 0) is 72.3 Å². The van der Waals surface area contributed by atoms with Crippen LogP contribution >= 0.6 is 31.9 Å². The molecule has 3 aromatic carbocycles. The maximum Gasteiger partial charge on any atom is 0.186 e. The maximum atomic E-state index is 10.5. The molecule has 0 bridgehead atoms. The van der Waals surface area contributed by atoms with Crippen molar-refractivity contribution in [2.24, 2.45) is 0 Å². The average molecular weight is 517 g/mol. The highest BCUT2D eigenvalue weighted by atomic mass is 79.9. The standard InChI is InChI=1S/C23H20Br2N2O2/c1-29-18-9-4-14(5-10-18)20-13-21(19-12-17(25)8-11-22(19)28)27-23(26-20)15-2-6-16(24)7-3-15/h2-13,21,23,26-28H,1H3/p+1. The van der Waals surface area contributed by atoms with Gasteiger partial charge in [-0.25, -0.2) is 0 Å². The second kappa shape index (κ2) is 8.61. The smallest absolute Gasteiger partial charge is 0.186 e. The summed E-state index contributed by atoms with van der Waals surface area (Å²) in [6.45, 7) is 0. The molecule has 4 nitrogen and oxygen atoms in total. The van der Waals surface area contributed by atoms with E-state index in [9.17, 15) is 5.11 Å². The number of ether oxygens (including phenoxy) is 1. The quantitative estimate of drug-likeness (QED) is 0.463. The molecule has 0 aromatic heterocycles. The Balaban J connectivity index is 1.75. The molecule has 2 unspecified atom stereocenters. The van der Waals surface area contributed by atoms with Crippen molar-refractivity contribution < 1.29 is 15.2 Å². The Kier molecular flexibility index (Phi) is 5.94. The van der Waals surface area contributed by atoms with Crippen molar-refractivity contribution in [2.75, 3.05) is 7.11 Å². The van der Waals surface area contributed by atoms with Gasteiger partial charge in [0, 0.05) is 26.3 Å². The summed E-state index contributed by atoms with van der Waals surface area (Å²) in [6.07, 6.45) is 2.16. The topological polar surface area (TPSA) is 58.1 Å². The molecule has 3 aromatic rings. The van der Waals surface area contributed by atoms with E-state index in [2.05, 4.69) is 60.7 Å². The van der Waals surface area contributed by atoms with Gasteiger partial charge in [-0.15, -0.1) is 0 Å².